The third-order valence-electron chi connectivity index (χ3n) is 5.54. The summed E-state index contributed by atoms with van der Waals surface area (Å²) in [6.07, 6.45) is 3.23. The highest BCUT2D eigenvalue weighted by Crippen LogP contribution is 2.31. The molecule has 1 amide bonds. The lowest BCUT2D eigenvalue weighted by Crippen LogP contribution is -2.48. The molecule has 0 fully saturated rings. The first-order valence-corrected chi connectivity index (χ1v) is 13.4. The van der Waals surface area contributed by atoms with E-state index >= 15 is 0 Å². The van der Waals surface area contributed by atoms with Gasteiger partial charge in [-0.05, 0) is 67.8 Å². The summed E-state index contributed by atoms with van der Waals surface area (Å²) in [5, 5.41) is 7.07. The highest BCUT2D eigenvalue weighted by Gasteiger charge is 2.26. The number of aromatic nitrogens is 2. The fourth-order valence-corrected chi connectivity index (χ4v) is 5.68. The minimum absolute atomic E-state index is 0.0474. The minimum Gasteiger partial charge on any atom is -0.383 e. The molecule has 1 atom stereocenters. The van der Waals surface area contributed by atoms with E-state index in [1.165, 1.54) is 24.0 Å². The van der Waals surface area contributed by atoms with Gasteiger partial charge in [0.1, 0.15) is 12.4 Å². The van der Waals surface area contributed by atoms with Crippen LogP contribution in [-0.2, 0) is 21.2 Å². The van der Waals surface area contributed by atoms with E-state index in [-0.39, 0.29) is 22.0 Å². The molecule has 0 saturated heterocycles. The van der Waals surface area contributed by atoms with Crippen LogP contribution in [0.25, 0.3) is 0 Å². The van der Waals surface area contributed by atoms with Crippen molar-refractivity contribution in [3.8, 4) is 0 Å². The van der Waals surface area contributed by atoms with Crippen LogP contribution in [0.2, 0.25) is 5.02 Å². The van der Waals surface area contributed by atoms with Crippen molar-refractivity contribution < 1.29 is 13.2 Å². The summed E-state index contributed by atoms with van der Waals surface area (Å²) in [7, 11) is -3.72. The molecule has 0 spiro atoms. The molecule has 0 radical (unpaired) electrons. The Kier molecular flexibility index (Phi) is 7.54. The van der Waals surface area contributed by atoms with E-state index in [1.807, 2.05) is 25.1 Å². The first-order valence-electron chi connectivity index (χ1n) is 10.8. The van der Waals surface area contributed by atoms with Crippen LogP contribution in [0.3, 0.4) is 0 Å². The Morgan fingerprint density at radius 2 is 2.00 bits per heavy atom. The van der Waals surface area contributed by atoms with Crippen LogP contribution in [0.1, 0.15) is 18.9 Å². The molecule has 34 heavy (non-hydrogen) atoms. The van der Waals surface area contributed by atoms with Gasteiger partial charge in [0.15, 0.2) is 0 Å². The molecule has 0 bridgehead atoms. The average molecular weight is 521 g/mol. The van der Waals surface area contributed by atoms with E-state index in [4.69, 9.17) is 11.6 Å². The minimum atomic E-state index is -3.72. The number of rotatable bonds is 9. The molecule has 180 valence electrons. The molecule has 9 nitrogen and oxygen atoms in total. The number of hydrogen-bond donors (Lipinski definition) is 3. The van der Waals surface area contributed by atoms with Crippen molar-refractivity contribution in [2.45, 2.75) is 30.7 Å². The molecule has 0 saturated carbocycles. The number of fused-ring (bicyclic) bond motifs is 1. The molecule has 1 aliphatic rings. The first-order chi connectivity index (χ1) is 16.3. The summed E-state index contributed by atoms with van der Waals surface area (Å²) < 4.78 is 30.9. The van der Waals surface area contributed by atoms with Crippen molar-refractivity contribution >= 4 is 55.6 Å². The third kappa shape index (κ3) is 5.78. The van der Waals surface area contributed by atoms with Crippen LogP contribution in [-0.4, -0.2) is 49.4 Å². The zero-order chi connectivity index (χ0) is 24.1. The Labute approximate surface area is 207 Å². The molecule has 1 aromatic heterocycles. The van der Waals surface area contributed by atoms with Gasteiger partial charge >= 0.3 is 0 Å². The fraction of sp³-hybridized carbons (Fsp3) is 0.318. The zero-order valence-electron chi connectivity index (χ0n) is 18.5. The molecule has 2 aromatic carbocycles. The highest BCUT2D eigenvalue weighted by atomic mass is 35.5. The molecule has 12 heteroatoms. The highest BCUT2D eigenvalue weighted by molar-refractivity contribution is 7.93. The second-order valence-corrected chi connectivity index (χ2v) is 10.7. The Morgan fingerprint density at radius 1 is 1.21 bits per heavy atom. The topological polar surface area (TPSA) is 116 Å². The van der Waals surface area contributed by atoms with E-state index in [9.17, 15) is 13.2 Å². The van der Waals surface area contributed by atoms with Crippen molar-refractivity contribution in [3.63, 3.8) is 0 Å². The van der Waals surface area contributed by atoms with Crippen LogP contribution in [0.5, 0.6) is 0 Å². The summed E-state index contributed by atoms with van der Waals surface area (Å²) in [6.45, 7) is 3.66. The van der Waals surface area contributed by atoms with E-state index in [0.29, 0.717) is 18.1 Å². The molecule has 0 unspecified atom stereocenters. The lowest BCUT2D eigenvalue weighted by Gasteiger charge is -2.35. The molecule has 2 heterocycles. The number of carbonyl (C=O) groups excluding carboxylic acids is 1. The van der Waals surface area contributed by atoms with Gasteiger partial charge in [-0.1, -0.05) is 11.6 Å². The number of amides is 1. The first kappa shape index (κ1) is 24.2. The standard InChI is InChI=1S/C22H25ClN6O3S2/c1-15(29-12-2-3-16-13-17(23)4-9-20(16)29)21(30)25-11-10-24-18-5-7-19(8-6-18)34(31,32)28-22-26-14-27-33-22/h4-9,13-15,24H,2-3,10-12H2,1H3,(H,25,30)(H,26,27,28)/t15-/m1/s1. The van der Waals surface area contributed by atoms with Gasteiger partial charge in [0.2, 0.25) is 11.0 Å². The van der Waals surface area contributed by atoms with Crippen LogP contribution in [0.4, 0.5) is 16.5 Å². The molecule has 0 aliphatic carbocycles. The molecule has 3 aromatic rings. The summed E-state index contributed by atoms with van der Waals surface area (Å²) in [4.78, 5) is 18.8. The Morgan fingerprint density at radius 3 is 2.74 bits per heavy atom. The fourth-order valence-electron chi connectivity index (χ4n) is 3.82. The number of halogens is 1. The van der Waals surface area contributed by atoms with Gasteiger partial charge in [0.05, 0.1) is 4.90 Å². The van der Waals surface area contributed by atoms with E-state index in [2.05, 4.69) is 29.6 Å². The number of carbonyl (C=O) groups is 1. The van der Waals surface area contributed by atoms with Crippen LogP contribution >= 0.6 is 23.1 Å². The molecular formula is C22H25ClN6O3S2. The molecule has 3 N–H and O–H groups in total. The van der Waals surface area contributed by atoms with Crippen molar-refractivity contribution in [3.05, 3.63) is 59.4 Å². The van der Waals surface area contributed by atoms with Gasteiger partial charge in [-0.3, -0.25) is 9.52 Å². The van der Waals surface area contributed by atoms with E-state index in [0.717, 1.165) is 42.3 Å². The maximum atomic E-state index is 12.7. The predicted molar refractivity (Wildman–Crippen MR) is 135 cm³/mol. The number of hydrogen-bond acceptors (Lipinski definition) is 8. The summed E-state index contributed by atoms with van der Waals surface area (Å²) >= 11 is 7.08. The molecule has 1 aliphatic heterocycles. The van der Waals surface area contributed by atoms with Crippen molar-refractivity contribution in [2.24, 2.45) is 0 Å². The van der Waals surface area contributed by atoms with Crippen LogP contribution in [0.15, 0.2) is 53.7 Å². The number of nitrogens with one attached hydrogen (secondary N) is 3. The average Bonchev–Trinajstić information content (AvgIpc) is 3.33. The third-order valence-corrected chi connectivity index (χ3v) is 7.84. The second kappa shape index (κ2) is 10.6. The normalized spacial score (nSPS) is 14.2. The number of sulfonamides is 1. The lowest BCUT2D eigenvalue weighted by molar-refractivity contribution is -0.122. The smallest absolute Gasteiger partial charge is 0.263 e. The summed E-state index contributed by atoms with van der Waals surface area (Å²) in [5.74, 6) is -0.0474. The van der Waals surface area contributed by atoms with Crippen molar-refractivity contribution in [2.75, 3.05) is 34.6 Å². The largest absolute Gasteiger partial charge is 0.383 e. The SMILES string of the molecule is C[C@H](C(=O)NCCNc1ccc(S(=O)(=O)Nc2ncns2)cc1)N1CCCc2cc(Cl)ccc21. The van der Waals surface area contributed by atoms with Gasteiger partial charge in [0.25, 0.3) is 10.0 Å². The maximum Gasteiger partial charge on any atom is 0.263 e. The number of nitrogens with zero attached hydrogens (tertiary/aromatic N) is 3. The monoisotopic (exact) mass is 520 g/mol. The summed E-state index contributed by atoms with van der Waals surface area (Å²) in [6, 6.07) is 11.9. The van der Waals surface area contributed by atoms with Crippen LogP contribution in [0, 0.1) is 0 Å². The Bertz CT molecular complexity index is 1240. The van der Waals surface area contributed by atoms with E-state index < -0.39 is 10.0 Å². The van der Waals surface area contributed by atoms with E-state index in [1.54, 1.807) is 12.1 Å². The van der Waals surface area contributed by atoms with Gasteiger partial charge in [0, 0.05) is 47.6 Å². The second-order valence-electron chi connectivity index (χ2n) is 7.84. The van der Waals surface area contributed by atoms with Gasteiger partial charge in [-0.15, -0.1) is 0 Å². The molecule has 4 rings (SSSR count). The number of benzene rings is 2. The molecular weight excluding hydrogens is 496 g/mol. The Balaban J connectivity index is 1.26. The quantitative estimate of drug-likeness (QED) is 0.370. The van der Waals surface area contributed by atoms with Gasteiger partial charge in [-0.2, -0.15) is 4.37 Å². The maximum absolute atomic E-state index is 12.7. The van der Waals surface area contributed by atoms with Crippen LogP contribution < -0.4 is 20.3 Å². The van der Waals surface area contributed by atoms with Gasteiger partial charge < -0.3 is 15.5 Å². The zero-order valence-corrected chi connectivity index (χ0v) is 20.9. The van der Waals surface area contributed by atoms with Crippen molar-refractivity contribution in [1.29, 1.82) is 0 Å². The van der Waals surface area contributed by atoms with Crippen molar-refractivity contribution in [1.82, 2.24) is 14.7 Å². The number of anilines is 3. The van der Waals surface area contributed by atoms with Gasteiger partial charge in [-0.25, -0.2) is 13.4 Å². The lowest BCUT2D eigenvalue weighted by atomic mass is 10.00. The Hall–Kier alpha value is -2.89. The predicted octanol–water partition coefficient (Wildman–Crippen LogP) is 3.36. The number of aryl methyl sites for hydroxylation is 1. The summed E-state index contributed by atoms with van der Waals surface area (Å²) in [5.41, 5.74) is 2.98.